The van der Waals surface area contributed by atoms with E-state index in [9.17, 15) is 29.4 Å². The molecule has 9 N–H and O–H groups in total. The van der Waals surface area contributed by atoms with E-state index in [1.165, 1.54) is 12.1 Å². The van der Waals surface area contributed by atoms with Gasteiger partial charge in [-0.05, 0) is 56.3 Å². The number of carboxylic acids is 2. The number of rotatable bonds is 14. The van der Waals surface area contributed by atoms with Crippen LogP contribution >= 0.6 is 0 Å². The highest BCUT2D eigenvalue weighted by Gasteiger charge is 2.28. The molecule has 2 amide bonds. The summed E-state index contributed by atoms with van der Waals surface area (Å²) in [4.78, 5) is 47.2. The predicted octanol–water partition coefficient (Wildman–Crippen LogP) is -0.690. The first kappa shape index (κ1) is 25.9. The van der Waals surface area contributed by atoms with Gasteiger partial charge in [0.15, 0.2) is 0 Å². The number of carbonyl (C=O) groups excluding carboxylic acids is 2. The zero-order valence-corrected chi connectivity index (χ0v) is 17.1. The summed E-state index contributed by atoms with van der Waals surface area (Å²) in [5, 5.41) is 32.1. The number of phenols is 1. The van der Waals surface area contributed by atoms with Crippen molar-refractivity contribution in [2.75, 3.05) is 6.54 Å². The highest BCUT2D eigenvalue weighted by molar-refractivity contribution is 5.91. The van der Waals surface area contributed by atoms with E-state index in [1.807, 2.05) is 0 Å². The molecule has 0 radical (unpaired) electrons. The average Bonchev–Trinajstić information content (AvgIpc) is 2.71. The lowest BCUT2D eigenvalue weighted by atomic mass is 10.0. The van der Waals surface area contributed by atoms with Gasteiger partial charge in [0, 0.05) is 6.42 Å². The lowest BCUT2D eigenvalue weighted by Gasteiger charge is -2.23. The number of phenolic OH excluding ortho intramolecular Hbond substituents is 1. The van der Waals surface area contributed by atoms with Gasteiger partial charge in [-0.25, -0.2) is 4.79 Å². The fourth-order valence-corrected chi connectivity index (χ4v) is 2.82. The number of hydrogen-bond donors (Lipinski definition) is 7. The summed E-state index contributed by atoms with van der Waals surface area (Å²) in [6.45, 7) is 0.388. The van der Waals surface area contributed by atoms with Crippen LogP contribution in [0.25, 0.3) is 0 Å². The molecule has 1 aromatic rings. The van der Waals surface area contributed by atoms with E-state index in [1.54, 1.807) is 12.1 Å². The van der Waals surface area contributed by atoms with Gasteiger partial charge < -0.3 is 37.4 Å². The second-order valence-corrected chi connectivity index (χ2v) is 7.15. The van der Waals surface area contributed by atoms with Gasteiger partial charge in [0.25, 0.3) is 0 Å². The Balaban J connectivity index is 2.79. The molecular weight excluding hydrogens is 408 g/mol. The summed E-state index contributed by atoms with van der Waals surface area (Å²) in [5.41, 5.74) is 12.1. The standard InChI is InChI=1S/C20H30N4O7/c21-10-2-1-3-15(19(29)24-16(20(30)31)8-9-17(26)27)23-18(28)14(22)11-12-4-6-13(25)7-5-12/h4-7,14-16,25H,1-3,8-11,21-22H2,(H,23,28)(H,24,29)(H,26,27)(H,30,31)/t14-,15-,16-/m0/s1. The Morgan fingerprint density at radius 2 is 1.52 bits per heavy atom. The molecule has 3 atom stereocenters. The van der Waals surface area contributed by atoms with Crippen molar-refractivity contribution in [3.63, 3.8) is 0 Å². The molecule has 0 spiro atoms. The average molecular weight is 438 g/mol. The van der Waals surface area contributed by atoms with Gasteiger partial charge in [-0.1, -0.05) is 12.1 Å². The van der Waals surface area contributed by atoms with Crippen LogP contribution in [0.15, 0.2) is 24.3 Å². The molecular formula is C20H30N4O7. The molecule has 0 aromatic heterocycles. The lowest BCUT2D eigenvalue weighted by Crippen LogP contribution is -2.54. The van der Waals surface area contributed by atoms with E-state index >= 15 is 0 Å². The molecule has 0 heterocycles. The van der Waals surface area contributed by atoms with Crippen molar-refractivity contribution in [2.45, 2.75) is 56.7 Å². The van der Waals surface area contributed by atoms with Gasteiger partial charge in [-0.2, -0.15) is 0 Å². The molecule has 172 valence electrons. The largest absolute Gasteiger partial charge is 0.508 e. The van der Waals surface area contributed by atoms with Crippen molar-refractivity contribution >= 4 is 23.8 Å². The van der Waals surface area contributed by atoms with Gasteiger partial charge in [0.1, 0.15) is 17.8 Å². The normalized spacial score (nSPS) is 13.6. The van der Waals surface area contributed by atoms with Gasteiger partial charge >= 0.3 is 11.9 Å². The van der Waals surface area contributed by atoms with Crippen LogP contribution in [0.5, 0.6) is 5.75 Å². The summed E-state index contributed by atoms with van der Waals surface area (Å²) >= 11 is 0. The van der Waals surface area contributed by atoms with Gasteiger partial charge in [0.2, 0.25) is 11.8 Å². The van der Waals surface area contributed by atoms with Crippen molar-refractivity contribution < 1.29 is 34.5 Å². The number of amides is 2. The van der Waals surface area contributed by atoms with Crippen molar-refractivity contribution in [1.29, 1.82) is 0 Å². The molecule has 0 fully saturated rings. The molecule has 1 rings (SSSR count). The van der Waals surface area contributed by atoms with Crippen LogP contribution in [0.1, 0.15) is 37.7 Å². The van der Waals surface area contributed by atoms with Crippen LogP contribution in [-0.2, 0) is 25.6 Å². The van der Waals surface area contributed by atoms with Crippen molar-refractivity contribution in [3.8, 4) is 5.75 Å². The molecule has 31 heavy (non-hydrogen) atoms. The molecule has 0 bridgehead atoms. The molecule has 0 saturated carbocycles. The molecule has 1 aromatic carbocycles. The number of unbranched alkanes of at least 4 members (excludes halogenated alkanes) is 1. The highest BCUT2D eigenvalue weighted by Crippen LogP contribution is 2.11. The number of carboxylic acid groups (broad SMARTS) is 2. The van der Waals surface area contributed by atoms with E-state index < -0.39 is 48.3 Å². The molecule has 0 aliphatic rings. The van der Waals surface area contributed by atoms with Crippen LogP contribution in [0.3, 0.4) is 0 Å². The number of benzene rings is 1. The number of aliphatic carboxylic acids is 2. The van der Waals surface area contributed by atoms with E-state index in [-0.39, 0.29) is 25.0 Å². The van der Waals surface area contributed by atoms with Gasteiger partial charge in [-0.3, -0.25) is 14.4 Å². The molecule has 0 saturated heterocycles. The third-order valence-electron chi connectivity index (χ3n) is 4.57. The first-order valence-corrected chi connectivity index (χ1v) is 9.93. The van der Waals surface area contributed by atoms with Crippen LogP contribution in [0, 0.1) is 0 Å². The maximum Gasteiger partial charge on any atom is 0.326 e. The zero-order chi connectivity index (χ0) is 23.4. The molecule has 11 heteroatoms. The summed E-state index contributed by atoms with van der Waals surface area (Å²) in [7, 11) is 0. The summed E-state index contributed by atoms with van der Waals surface area (Å²) < 4.78 is 0. The topological polar surface area (TPSA) is 205 Å². The second-order valence-electron chi connectivity index (χ2n) is 7.15. The van der Waals surface area contributed by atoms with Crippen LogP contribution in [0.2, 0.25) is 0 Å². The fraction of sp³-hybridized carbons (Fsp3) is 0.500. The number of carbonyl (C=O) groups is 4. The van der Waals surface area contributed by atoms with E-state index in [0.29, 0.717) is 24.9 Å². The minimum absolute atomic E-state index is 0.0781. The maximum absolute atomic E-state index is 12.6. The monoisotopic (exact) mass is 438 g/mol. The van der Waals surface area contributed by atoms with Crippen molar-refractivity contribution in [1.82, 2.24) is 10.6 Å². The van der Waals surface area contributed by atoms with E-state index in [2.05, 4.69) is 10.6 Å². The zero-order valence-electron chi connectivity index (χ0n) is 17.1. The SMILES string of the molecule is NCCCC[C@H](NC(=O)[C@@H](N)Cc1ccc(O)cc1)C(=O)N[C@@H](CCC(=O)O)C(=O)O. The smallest absolute Gasteiger partial charge is 0.326 e. The van der Waals surface area contributed by atoms with Crippen LogP contribution in [0.4, 0.5) is 0 Å². The molecule has 11 nitrogen and oxygen atoms in total. The highest BCUT2D eigenvalue weighted by atomic mass is 16.4. The minimum atomic E-state index is -1.40. The lowest BCUT2D eigenvalue weighted by molar-refractivity contribution is -0.143. The Morgan fingerprint density at radius 1 is 0.903 bits per heavy atom. The number of nitrogens with two attached hydrogens (primary N) is 2. The molecule has 0 unspecified atom stereocenters. The first-order chi connectivity index (χ1) is 14.6. The van der Waals surface area contributed by atoms with Crippen LogP contribution in [-0.4, -0.2) is 63.7 Å². The summed E-state index contributed by atoms with van der Waals surface area (Å²) in [6.07, 6.45) is 0.764. The minimum Gasteiger partial charge on any atom is -0.508 e. The third-order valence-corrected chi connectivity index (χ3v) is 4.57. The fourth-order valence-electron chi connectivity index (χ4n) is 2.82. The van der Waals surface area contributed by atoms with Crippen molar-refractivity contribution in [3.05, 3.63) is 29.8 Å². The number of nitrogens with one attached hydrogen (secondary N) is 2. The first-order valence-electron chi connectivity index (χ1n) is 9.93. The number of hydrogen-bond acceptors (Lipinski definition) is 7. The van der Waals surface area contributed by atoms with Crippen LogP contribution < -0.4 is 22.1 Å². The molecule has 0 aliphatic carbocycles. The Kier molecular flexibility index (Phi) is 11.0. The number of aromatic hydroxyl groups is 1. The quantitative estimate of drug-likeness (QED) is 0.183. The third kappa shape index (κ3) is 9.92. The summed E-state index contributed by atoms with van der Waals surface area (Å²) in [5.74, 6) is -3.81. The van der Waals surface area contributed by atoms with E-state index in [0.717, 1.165) is 0 Å². The molecule has 0 aliphatic heterocycles. The Morgan fingerprint density at radius 3 is 2.06 bits per heavy atom. The van der Waals surface area contributed by atoms with Gasteiger partial charge in [-0.15, -0.1) is 0 Å². The predicted molar refractivity (Wildman–Crippen MR) is 111 cm³/mol. The Hall–Kier alpha value is -3.18. The van der Waals surface area contributed by atoms with Gasteiger partial charge in [0.05, 0.1) is 6.04 Å². The Bertz CT molecular complexity index is 754. The maximum atomic E-state index is 12.6. The summed E-state index contributed by atoms with van der Waals surface area (Å²) in [6, 6.07) is 2.75. The van der Waals surface area contributed by atoms with E-state index in [4.69, 9.17) is 16.6 Å². The van der Waals surface area contributed by atoms with Crippen molar-refractivity contribution in [2.24, 2.45) is 11.5 Å². The second kappa shape index (κ2) is 13.2. The Labute approximate surface area is 179 Å².